The predicted octanol–water partition coefficient (Wildman–Crippen LogP) is 1.02. The van der Waals surface area contributed by atoms with Crippen LogP contribution in [0.3, 0.4) is 0 Å². The number of rotatable bonds is 7. The molecule has 18 heavy (non-hydrogen) atoms. The Bertz CT molecular complexity index is 461. The van der Waals surface area contributed by atoms with E-state index in [4.69, 9.17) is 9.84 Å². The fourth-order valence-corrected chi connectivity index (χ4v) is 2.19. The van der Waals surface area contributed by atoms with E-state index >= 15 is 0 Å². The van der Waals surface area contributed by atoms with Crippen molar-refractivity contribution in [2.45, 2.75) is 24.5 Å². The number of thioether (sulfide) groups is 1. The van der Waals surface area contributed by atoms with Gasteiger partial charge in [0, 0.05) is 32.0 Å². The van der Waals surface area contributed by atoms with Gasteiger partial charge >= 0.3 is 5.97 Å². The number of hydrogen-bond donors (Lipinski definition) is 1. The van der Waals surface area contributed by atoms with E-state index in [9.17, 15) is 9.59 Å². The Kier molecular flexibility index (Phi) is 5.87. The van der Waals surface area contributed by atoms with Gasteiger partial charge in [0.25, 0.3) is 5.56 Å². The van der Waals surface area contributed by atoms with Gasteiger partial charge in [0.15, 0.2) is 5.16 Å². The first-order chi connectivity index (χ1) is 8.54. The highest BCUT2D eigenvalue weighted by atomic mass is 32.2. The topological polar surface area (TPSA) is 81.4 Å². The second-order valence-corrected chi connectivity index (χ2v) is 4.71. The fraction of sp³-hybridized carbons (Fsp3) is 0.545. The Balaban J connectivity index is 2.88. The molecule has 1 N–H and O–H groups in total. The van der Waals surface area contributed by atoms with Crippen LogP contribution in [-0.4, -0.2) is 40.1 Å². The summed E-state index contributed by atoms with van der Waals surface area (Å²) in [7, 11) is 1.62. The van der Waals surface area contributed by atoms with E-state index in [0.29, 0.717) is 11.8 Å². The van der Waals surface area contributed by atoms with Gasteiger partial charge in [0.2, 0.25) is 0 Å². The smallest absolute Gasteiger partial charge is 0.313 e. The largest absolute Gasteiger partial charge is 0.481 e. The number of carboxylic acids is 1. The van der Waals surface area contributed by atoms with E-state index < -0.39 is 5.97 Å². The van der Waals surface area contributed by atoms with Crippen LogP contribution in [0.4, 0.5) is 0 Å². The molecule has 0 aromatic carbocycles. The van der Waals surface area contributed by atoms with E-state index in [1.807, 2.05) is 6.92 Å². The second kappa shape index (κ2) is 7.17. The molecule has 6 nitrogen and oxygen atoms in total. The molecule has 0 radical (unpaired) electrons. The number of methoxy groups -OCH3 is 1. The summed E-state index contributed by atoms with van der Waals surface area (Å²) >= 11 is 1.04. The van der Waals surface area contributed by atoms with E-state index in [1.165, 1.54) is 6.07 Å². The van der Waals surface area contributed by atoms with Crippen molar-refractivity contribution in [3.8, 4) is 0 Å². The molecule has 1 unspecified atom stereocenters. The molecular weight excluding hydrogens is 256 g/mol. The molecule has 100 valence electrons. The zero-order valence-electron chi connectivity index (χ0n) is 10.3. The van der Waals surface area contributed by atoms with E-state index in [2.05, 4.69) is 4.98 Å². The first kappa shape index (κ1) is 14.7. The van der Waals surface area contributed by atoms with Crippen molar-refractivity contribution < 1.29 is 14.6 Å². The molecule has 1 rings (SSSR count). The molecule has 0 aliphatic carbocycles. The normalized spacial score (nSPS) is 12.3. The maximum atomic E-state index is 11.2. The van der Waals surface area contributed by atoms with Gasteiger partial charge in [0.05, 0.1) is 5.75 Å². The van der Waals surface area contributed by atoms with Crippen LogP contribution in [0.1, 0.15) is 19.4 Å². The molecule has 0 fully saturated rings. The third-order valence-corrected chi connectivity index (χ3v) is 3.30. The highest BCUT2D eigenvalue weighted by Gasteiger charge is 2.11. The van der Waals surface area contributed by atoms with Crippen molar-refractivity contribution in [3.63, 3.8) is 0 Å². The molecule has 0 bridgehead atoms. The molecule has 7 heteroatoms. The zero-order valence-corrected chi connectivity index (χ0v) is 11.1. The molecule has 0 spiro atoms. The SMILES string of the molecule is COCCC(C)n1ccc(=O)nc1SCC(=O)O. The lowest BCUT2D eigenvalue weighted by Crippen LogP contribution is -2.17. The molecule has 0 saturated heterocycles. The van der Waals surface area contributed by atoms with Gasteiger partial charge in [-0.1, -0.05) is 11.8 Å². The van der Waals surface area contributed by atoms with Gasteiger partial charge in [-0.15, -0.1) is 0 Å². The number of carbonyl (C=O) groups is 1. The summed E-state index contributed by atoms with van der Waals surface area (Å²) in [5.74, 6) is -1.05. The van der Waals surface area contributed by atoms with Gasteiger partial charge in [-0.25, -0.2) is 0 Å². The van der Waals surface area contributed by atoms with Gasteiger partial charge in [-0.05, 0) is 13.3 Å². The summed E-state index contributed by atoms with van der Waals surface area (Å²) in [5.41, 5.74) is -0.363. The number of ether oxygens (including phenoxy) is 1. The maximum absolute atomic E-state index is 11.2. The molecule has 1 atom stereocenters. The minimum atomic E-state index is -0.936. The van der Waals surface area contributed by atoms with Crippen LogP contribution in [0.15, 0.2) is 22.2 Å². The van der Waals surface area contributed by atoms with Crippen LogP contribution in [0.2, 0.25) is 0 Å². The molecule has 1 aromatic heterocycles. The summed E-state index contributed by atoms with van der Waals surface area (Å²) in [6, 6.07) is 1.46. The van der Waals surface area contributed by atoms with Crippen LogP contribution in [0.25, 0.3) is 0 Å². The van der Waals surface area contributed by atoms with E-state index in [0.717, 1.165) is 18.2 Å². The Morgan fingerprint density at radius 3 is 3.00 bits per heavy atom. The van der Waals surface area contributed by atoms with Crippen LogP contribution < -0.4 is 5.56 Å². The third-order valence-electron chi connectivity index (χ3n) is 2.34. The number of aromatic nitrogens is 2. The Hall–Kier alpha value is -1.34. The molecule has 0 aliphatic heterocycles. The number of hydrogen-bond acceptors (Lipinski definition) is 5. The van der Waals surface area contributed by atoms with Crippen molar-refractivity contribution in [1.29, 1.82) is 0 Å². The Morgan fingerprint density at radius 2 is 2.39 bits per heavy atom. The summed E-state index contributed by atoms with van der Waals surface area (Å²) in [6.07, 6.45) is 2.40. The highest BCUT2D eigenvalue weighted by Crippen LogP contribution is 2.19. The van der Waals surface area contributed by atoms with Gasteiger partial charge in [-0.3, -0.25) is 9.59 Å². The first-order valence-electron chi connectivity index (χ1n) is 5.47. The van der Waals surface area contributed by atoms with E-state index in [1.54, 1.807) is 17.9 Å². The number of nitrogens with zero attached hydrogens (tertiary/aromatic N) is 2. The molecule has 0 aliphatic rings. The van der Waals surface area contributed by atoms with Gasteiger partial charge < -0.3 is 14.4 Å². The second-order valence-electron chi connectivity index (χ2n) is 3.77. The molecule has 0 saturated carbocycles. The monoisotopic (exact) mass is 272 g/mol. The summed E-state index contributed by atoms with van der Waals surface area (Å²) < 4.78 is 6.80. The zero-order chi connectivity index (χ0) is 13.5. The van der Waals surface area contributed by atoms with Crippen molar-refractivity contribution >= 4 is 17.7 Å². The summed E-state index contributed by atoms with van der Waals surface area (Å²) in [5, 5.41) is 9.08. The molecule has 1 heterocycles. The van der Waals surface area contributed by atoms with Gasteiger partial charge in [-0.2, -0.15) is 4.98 Å². The van der Waals surface area contributed by atoms with Crippen molar-refractivity contribution in [2.75, 3.05) is 19.5 Å². The third kappa shape index (κ3) is 4.50. The minimum Gasteiger partial charge on any atom is -0.481 e. The molecule has 1 aromatic rings. The predicted molar refractivity (Wildman–Crippen MR) is 68.1 cm³/mol. The lowest BCUT2D eigenvalue weighted by Gasteiger charge is -2.18. The van der Waals surface area contributed by atoms with Crippen molar-refractivity contribution in [1.82, 2.24) is 9.55 Å². The number of aliphatic carboxylic acids is 1. The summed E-state index contributed by atoms with van der Waals surface area (Å²) in [4.78, 5) is 25.6. The highest BCUT2D eigenvalue weighted by molar-refractivity contribution is 7.99. The lowest BCUT2D eigenvalue weighted by atomic mass is 10.2. The van der Waals surface area contributed by atoms with Crippen molar-refractivity contribution in [3.05, 3.63) is 22.6 Å². The van der Waals surface area contributed by atoms with Gasteiger partial charge in [0.1, 0.15) is 0 Å². The standard InChI is InChI=1S/C11H16N2O4S/c1-8(4-6-17-2)13-5-3-9(14)12-11(13)18-7-10(15)16/h3,5,8H,4,6-7H2,1-2H3,(H,15,16). The van der Waals surface area contributed by atoms with E-state index in [-0.39, 0.29) is 17.4 Å². The maximum Gasteiger partial charge on any atom is 0.313 e. The van der Waals surface area contributed by atoms with Crippen LogP contribution in [-0.2, 0) is 9.53 Å². The fourth-order valence-electron chi connectivity index (χ4n) is 1.39. The van der Waals surface area contributed by atoms with Crippen molar-refractivity contribution in [2.24, 2.45) is 0 Å². The minimum absolute atomic E-state index is 0.0920. The van der Waals surface area contributed by atoms with Crippen LogP contribution >= 0.6 is 11.8 Å². The lowest BCUT2D eigenvalue weighted by molar-refractivity contribution is -0.133. The van der Waals surface area contributed by atoms with Crippen LogP contribution in [0, 0.1) is 0 Å². The molecule has 0 amide bonds. The average molecular weight is 272 g/mol. The first-order valence-corrected chi connectivity index (χ1v) is 6.46. The average Bonchev–Trinajstić information content (AvgIpc) is 2.33. The Labute approximate surface area is 109 Å². The quantitative estimate of drug-likeness (QED) is 0.589. The summed E-state index contributed by atoms with van der Waals surface area (Å²) in [6.45, 7) is 2.56. The van der Waals surface area contributed by atoms with Crippen LogP contribution in [0.5, 0.6) is 0 Å². The number of carboxylic acid groups (broad SMARTS) is 1. The Morgan fingerprint density at radius 1 is 1.67 bits per heavy atom. The molecular formula is C11H16N2O4S.